The number of aryl methyl sites for hydroxylation is 1. The SMILES string of the molecule is Cc1ccccc1OCC(O)CNCCC1=CCCC1. The van der Waals surface area contributed by atoms with Gasteiger partial charge in [-0.25, -0.2) is 0 Å². The molecule has 0 fully saturated rings. The molecule has 2 N–H and O–H groups in total. The van der Waals surface area contributed by atoms with E-state index in [-0.39, 0.29) is 0 Å². The zero-order valence-electron chi connectivity index (χ0n) is 12.3. The molecule has 0 radical (unpaired) electrons. The smallest absolute Gasteiger partial charge is 0.122 e. The molecule has 0 heterocycles. The van der Waals surface area contributed by atoms with Crippen molar-refractivity contribution in [2.45, 2.75) is 38.7 Å². The Morgan fingerprint density at radius 2 is 2.20 bits per heavy atom. The molecular formula is C17H25NO2. The number of nitrogens with one attached hydrogen (secondary N) is 1. The van der Waals surface area contributed by atoms with E-state index < -0.39 is 6.10 Å². The standard InChI is InChI=1S/C17H25NO2/c1-14-6-2-5-9-17(14)20-13-16(19)12-18-11-10-15-7-3-4-8-15/h2,5-7,9,16,18-19H,3-4,8,10-13H2,1H3. The van der Waals surface area contributed by atoms with Crippen LogP contribution in [0.25, 0.3) is 0 Å². The molecule has 1 aliphatic rings. The summed E-state index contributed by atoms with van der Waals surface area (Å²) >= 11 is 0. The molecule has 110 valence electrons. The second-order valence-corrected chi connectivity index (χ2v) is 5.44. The van der Waals surface area contributed by atoms with Crippen LogP contribution >= 0.6 is 0 Å². The summed E-state index contributed by atoms with van der Waals surface area (Å²) in [5.41, 5.74) is 2.66. The monoisotopic (exact) mass is 275 g/mol. The Morgan fingerprint density at radius 3 is 2.95 bits per heavy atom. The quantitative estimate of drug-likeness (QED) is 0.566. The van der Waals surface area contributed by atoms with Crippen LogP contribution in [0.1, 0.15) is 31.2 Å². The fraction of sp³-hybridized carbons (Fsp3) is 0.529. The lowest BCUT2D eigenvalue weighted by Crippen LogP contribution is -2.32. The van der Waals surface area contributed by atoms with Crippen LogP contribution < -0.4 is 10.1 Å². The summed E-state index contributed by atoms with van der Waals surface area (Å²) in [5, 5.41) is 13.2. The number of hydrogen-bond donors (Lipinski definition) is 2. The van der Waals surface area contributed by atoms with Crippen LogP contribution in [0.3, 0.4) is 0 Å². The molecule has 0 saturated carbocycles. The second-order valence-electron chi connectivity index (χ2n) is 5.44. The van der Waals surface area contributed by atoms with E-state index in [0.29, 0.717) is 13.2 Å². The van der Waals surface area contributed by atoms with Crippen LogP contribution in [0.2, 0.25) is 0 Å². The van der Waals surface area contributed by atoms with E-state index >= 15 is 0 Å². The topological polar surface area (TPSA) is 41.5 Å². The summed E-state index contributed by atoms with van der Waals surface area (Å²) in [4.78, 5) is 0. The van der Waals surface area contributed by atoms with Gasteiger partial charge in [-0.05, 0) is 50.8 Å². The van der Waals surface area contributed by atoms with Gasteiger partial charge in [0.05, 0.1) is 0 Å². The maximum absolute atomic E-state index is 9.89. The van der Waals surface area contributed by atoms with Crippen LogP contribution in [0, 0.1) is 6.92 Å². The molecule has 3 nitrogen and oxygen atoms in total. The zero-order valence-corrected chi connectivity index (χ0v) is 12.3. The first-order valence-electron chi connectivity index (χ1n) is 7.51. The third kappa shape index (κ3) is 4.99. The molecule has 1 atom stereocenters. The first-order valence-corrected chi connectivity index (χ1v) is 7.51. The van der Waals surface area contributed by atoms with Crippen LogP contribution in [-0.4, -0.2) is 30.9 Å². The van der Waals surface area contributed by atoms with Gasteiger partial charge in [0.1, 0.15) is 18.5 Å². The summed E-state index contributed by atoms with van der Waals surface area (Å²) in [6.07, 6.45) is 6.78. The van der Waals surface area contributed by atoms with Crippen LogP contribution in [0.4, 0.5) is 0 Å². The molecule has 1 unspecified atom stereocenters. The highest BCUT2D eigenvalue weighted by Gasteiger charge is 2.07. The molecule has 0 amide bonds. The van der Waals surface area contributed by atoms with Gasteiger partial charge in [-0.1, -0.05) is 29.8 Å². The lowest BCUT2D eigenvalue weighted by molar-refractivity contribution is 0.106. The molecule has 1 aromatic carbocycles. The first kappa shape index (κ1) is 15.1. The number of benzene rings is 1. The van der Waals surface area contributed by atoms with Crippen LogP contribution in [-0.2, 0) is 0 Å². The molecule has 0 saturated heterocycles. The molecule has 0 bridgehead atoms. The molecule has 0 spiro atoms. The number of allylic oxidation sites excluding steroid dienone is 1. The Kier molecular flexibility index (Phi) is 6.09. The number of aliphatic hydroxyl groups is 1. The average molecular weight is 275 g/mol. The summed E-state index contributed by atoms with van der Waals surface area (Å²) in [7, 11) is 0. The normalized spacial score (nSPS) is 16.0. The highest BCUT2D eigenvalue weighted by molar-refractivity contribution is 5.31. The number of hydrogen-bond acceptors (Lipinski definition) is 3. The van der Waals surface area contributed by atoms with E-state index in [2.05, 4.69) is 11.4 Å². The van der Waals surface area contributed by atoms with Crippen molar-refractivity contribution >= 4 is 0 Å². The van der Waals surface area contributed by atoms with Gasteiger partial charge in [0, 0.05) is 6.54 Å². The predicted molar refractivity (Wildman–Crippen MR) is 82.1 cm³/mol. The third-order valence-electron chi connectivity index (χ3n) is 3.66. The minimum atomic E-state index is -0.466. The Bertz CT molecular complexity index is 442. The van der Waals surface area contributed by atoms with Gasteiger partial charge in [-0.2, -0.15) is 0 Å². The van der Waals surface area contributed by atoms with Gasteiger partial charge in [0.2, 0.25) is 0 Å². The van der Waals surface area contributed by atoms with Crippen molar-refractivity contribution in [1.29, 1.82) is 0 Å². The first-order chi connectivity index (χ1) is 9.75. The molecule has 1 aromatic rings. The van der Waals surface area contributed by atoms with Crippen molar-refractivity contribution in [3.63, 3.8) is 0 Å². The van der Waals surface area contributed by atoms with Crippen LogP contribution in [0.15, 0.2) is 35.9 Å². The van der Waals surface area contributed by atoms with Gasteiger partial charge in [-0.15, -0.1) is 0 Å². The lowest BCUT2D eigenvalue weighted by Gasteiger charge is -2.14. The molecule has 0 aromatic heterocycles. The maximum atomic E-state index is 9.89. The Hall–Kier alpha value is -1.32. The number of aliphatic hydroxyl groups excluding tert-OH is 1. The lowest BCUT2D eigenvalue weighted by atomic mass is 10.2. The predicted octanol–water partition coefficient (Wildman–Crippen LogP) is 2.82. The van der Waals surface area contributed by atoms with E-state index in [4.69, 9.17) is 4.74 Å². The third-order valence-corrected chi connectivity index (χ3v) is 3.66. The van der Waals surface area contributed by atoms with Gasteiger partial charge >= 0.3 is 0 Å². The summed E-state index contributed by atoms with van der Waals surface area (Å²) in [6.45, 7) is 3.86. The van der Waals surface area contributed by atoms with Crippen LogP contribution in [0.5, 0.6) is 5.75 Å². The number of rotatable bonds is 8. The molecular weight excluding hydrogens is 250 g/mol. The zero-order chi connectivity index (χ0) is 14.2. The minimum Gasteiger partial charge on any atom is -0.491 e. The fourth-order valence-corrected chi connectivity index (χ4v) is 2.45. The minimum absolute atomic E-state index is 0.334. The van der Waals surface area contributed by atoms with Gasteiger partial charge in [-0.3, -0.25) is 0 Å². The van der Waals surface area contributed by atoms with E-state index in [1.807, 2.05) is 31.2 Å². The van der Waals surface area contributed by atoms with E-state index in [9.17, 15) is 5.11 Å². The van der Waals surface area contributed by atoms with Crippen molar-refractivity contribution in [3.8, 4) is 5.75 Å². The Morgan fingerprint density at radius 1 is 1.35 bits per heavy atom. The summed E-state index contributed by atoms with van der Waals surface area (Å²) < 4.78 is 5.63. The molecule has 3 heteroatoms. The highest BCUT2D eigenvalue weighted by atomic mass is 16.5. The second kappa shape index (κ2) is 8.08. The van der Waals surface area contributed by atoms with Crippen molar-refractivity contribution < 1.29 is 9.84 Å². The van der Waals surface area contributed by atoms with Crippen molar-refractivity contribution in [1.82, 2.24) is 5.32 Å². The Balaban J connectivity index is 1.58. The van der Waals surface area contributed by atoms with Crippen molar-refractivity contribution in [2.75, 3.05) is 19.7 Å². The molecule has 2 rings (SSSR count). The number of para-hydroxylation sites is 1. The average Bonchev–Trinajstić information content (AvgIpc) is 2.96. The van der Waals surface area contributed by atoms with Crippen molar-refractivity contribution in [2.24, 2.45) is 0 Å². The van der Waals surface area contributed by atoms with Crippen molar-refractivity contribution in [3.05, 3.63) is 41.5 Å². The largest absolute Gasteiger partial charge is 0.491 e. The molecule has 0 aliphatic heterocycles. The maximum Gasteiger partial charge on any atom is 0.122 e. The molecule has 1 aliphatic carbocycles. The highest BCUT2D eigenvalue weighted by Crippen LogP contribution is 2.19. The van der Waals surface area contributed by atoms with E-state index in [1.165, 1.54) is 19.3 Å². The van der Waals surface area contributed by atoms with Gasteiger partial charge < -0.3 is 15.2 Å². The summed E-state index contributed by atoms with van der Waals surface area (Å²) in [5.74, 6) is 0.850. The van der Waals surface area contributed by atoms with E-state index in [0.717, 1.165) is 24.3 Å². The van der Waals surface area contributed by atoms with Gasteiger partial charge in [0.15, 0.2) is 0 Å². The van der Waals surface area contributed by atoms with E-state index in [1.54, 1.807) is 5.57 Å². The number of ether oxygens (including phenoxy) is 1. The molecule has 20 heavy (non-hydrogen) atoms. The van der Waals surface area contributed by atoms with Gasteiger partial charge in [0.25, 0.3) is 0 Å². The summed E-state index contributed by atoms with van der Waals surface area (Å²) in [6, 6.07) is 7.87. The fourth-order valence-electron chi connectivity index (χ4n) is 2.45. The Labute approximate surface area is 121 Å².